The Morgan fingerprint density at radius 2 is 1.76 bits per heavy atom. The molecule has 1 amide bonds. The number of anilines is 1. The van der Waals surface area contributed by atoms with E-state index >= 15 is 4.39 Å². The smallest absolute Gasteiger partial charge is 0.415 e. The molecule has 7 rings (SSSR count). The molecule has 4 aromatic rings. The number of ether oxygens (including phenoxy) is 4. The second-order valence-corrected chi connectivity index (χ2v) is 13.6. The van der Waals surface area contributed by atoms with Gasteiger partial charge in [-0.3, -0.25) is 9.80 Å². The van der Waals surface area contributed by atoms with Gasteiger partial charge in [-0.25, -0.2) is 19.0 Å². The molecule has 3 aliphatic heterocycles. The van der Waals surface area contributed by atoms with E-state index < -0.39 is 24.0 Å². The number of aromatic amines is 1. The molecule has 2 aromatic heterocycles. The first-order chi connectivity index (χ1) is 23.2. The number of carbonyl (C=O) groups is 2. The quantitative estimate of drug-likeness (QED) is 0.148. The highest BCUT2D eigenvalue weighted by Gasteiger charge is 2.38. The first-order valence-electron chi connectivity index (χ1n) is 15.5. The van der Waals surface area contributed by atoms with Gasteiger partial charge in [0.2, 0.25) is 0 Å². The number of hydrogen-bond donors (Lipinski definition) is 0. The van der Waals surface area contributed by atoms with E-state index in [1.165, 1.54) is 36.5 Å². The predicted molar refractivity (Wildman–Crippen MR) is 183 cm³/mol. The predicted octanol–water partition coefficient (Wildman–Crippen LogP) is 7.23. The number of halogens is 3. The van der Waals surface area contributed by atoms with Crippen LogP contribution in [0.2, 0.25) is 10.0 Å². The highest BCUT2D eigenvalue weighted by molar-refractivity contribution is 7.10. The zero-order valence-electron chi connectivity index (χ0n) is 26.9. The Morgan fingerprint density at radius 1 is 1.04 bits per heavy atom. The number of esters is 1. The highest BCUT2D eigenvalue weighted by Crippen LogP contribution is 2.36. The molecule has 10 nitrogen and oxygen atoms in total. The van der Waals surface area contributed by atoms with Crippen molar-refractivity contribution in [1.29, 1.82) is 0 Å². The zero-order chi connectivity index (χ0) is 33.8. The third-order valence-corrected chi connectivity index (χ3v) is 10.4. The van der Waals surface area contributed by atoms with Crippen molar-refractivity contribution in [2.24, 2.45) is 5.92 Å². The molecule has 2 aromatic carbocycles. The Balaban J connectivity index is 0.00000468. The van der Waals surface area contributed by atoms with E-state index in [4.69, 9.17) is 42.1 Å². The zero-order valence-corrected chi connectivity index (χ0v) is 29.2. The highest BCUT2D eigenvalue weighted by atomic mass is 35.5. The maximum absolute atomic E-state index is 15.0. The van der Waals surface area contributed by atoms with Crippen molar-refractivity contribution in [3.63, 3.8) is 0 Å². The van der Waals surface area contributed by atoms with Crippen LogP contribution in [0.5, 0.6) is 11.5 Å². The molecule has 2 atom stereocenters. The van der Waals surface area contributed by atoms with Crippen molar-refractivity contribution in [3.8, 4) is 11.5 Å². The maximum Gasteiger partial charge on any atom is 0.415 e. The van der Waals surface area contributed by atoms with E-state index in [0.29, 0.717) is 50.0 Å². The summed E-state index contributed by atoms with van der Waals surface area (Å²) in [5.41, 5.74) is 1.61. The molecule has 3 saturated heterocycles. The Morgan fingerprint density at radius 3 is 2.41 bits per heavy atom. The van der Waals surface area contributed by atoms with Crippen molar-refractivity contribution in [3.05, 3.63) is 104 Å². The van der Waals surface area contributed by atoms with E-state index in [-0.39, 0.29) is 35.8 Å². The topological polar surface area (TPSA) is 122 Å². The average molecular weight is 733 g/mol. The summed E-state index contributed by atoms with van der Waals surface area (Å²) in [5.74, 6) is 0.130. The van der Waals surface area contributed by atoms with Crippen LogP contribution < -0.4 is 19.4 Å². The standard InChI is InChI=1S/C35H34Cl2FN3O6S.H2O/c1-44-30-8-7-22(14-32(30)45-2)31(15-25-26(36)16-39-17-27(25)37)46-34(42)23-13-24(48-20-23)18-41(29-6-4-3-5-28(29)38)35(43)47-33-19-40-11-9-21(33)10-12-40;/h3-8,13-14,16-17,20-21,31,33H,9-12,15,18-19H2,1-2H3;1H2/t31-,33-;/m0./s1. The summed E-state index contributed by atoms with van der Waals surface area (Å²) in [5, 5.41) is 2.43. The van der Waals surface area contributed by atoms with Crippen molar-refractivity contribution >= 4 is 52.3 Å². The third-order valence-electron chi connectivity index (χ3n) is 8.83. The van der Waals surface area contributed by atoms with Crippen molar-refractivity contribution in [2.45, 2.75) is 38.0 Å². The van der Waals surface area contributed by atoms with Gasteiger partial charge in [0, 0.05) is 28.8 Å². The number of thiophene rings is 1. The summed E-state index contributed by atoms with van der Waals surface area (Å²) >= 11 is 14.2. The van der Waals surface area contributed by atoms with Gasteiger partial charge in [0.1, 0.15) is 28.1 Å². The maximum atomic E-state index is 15.0. The lowest BCUT2D eigenvalue weighted by molar-refractivity contribution is -0.377. The molecule has 0 saturated carbocycles. The van der Waals surface area contributed by atoms with Gasteiger partial charge in [-0.15, -0.1) is 11.3 Å². The van der Waals surface area contributed by atoms with Gasteiger partial charge < -0.3 is 24.4 Å². The monoisotopic (exact) mass is 731 g/mol. The van der Waals surface area contributed by atoms with E-state index in [1.54, 1.807) is 60.2 Å². The first-order valence-corrected chi connectivity index (χ1v) is 17.2. The molecule has 0 aliphatic carbocycles. The number of H-pyrrole nitrogens is 1. The summed E-state index contributed by atoms with van der Waals surface area (Å²) in [7, 11) is 3.06. The van der Waals surface area contributed by atoms with E-state index in [1.807, 2.05) is 0 Å². The van der Waals surface area contributed by atoms with Crippen LogP contribution in [0.3, 0.4) is 0 Å². The second kappa shape index (κ2) is 16.2. The number of hydrogen-bond acceptors (Lipinski definition) is 9. The number of nitrogens with one attached hydrogen (secondary N) is 1. The summed E-state index contributed by atoms with van der Waals surface area (Å²) in [4.78, 5) is 34.4. The lowest BCUT2D eigenvalue weighted by Gasteiger charge is -2.44. The van der Waals surface area contributed by atoms with Crippen LogP contribution in [-0.2, 0) is 22.4 Å². The number of fused-ring (bicyclic) bond motifs is 3. The second-order valence-electron chi connectivity index (χ2n) is 11.7. The number of benzene rings is 2. The molecular weight excluding hydrogens is 696 g/mol. The molecule has 2 N–H and O–H groups in total. The Kier molecular flexibility index (Phi) is 12.0. The number of para-hydroxylation sites is 1. The van der Waals surface area contributed by atoms with Gasteiger partial charge in [0.05, 0.1) is 32.0 Å². The summed E-state index contributed by atoms with van der Waals surface area (Å²) in [6.07, 6.45) is 3.65. The van der Waals surface area contributed by atoms with Crippen molar-refractivity contribution in [1.82, 2.24) is 4.90 Å². The van der Waals surface area contributed by atoms with Gasteiger partial charge in [0.15, 0.2) is 23.9 Å². The number of piperidine rings is 3. The molecule has 0 radical (unpaired) electrons. The lowest BCUT2D eigenvalue weighted by Crippen LogP contribution is -2.53. The summed E-state index contributed by atoms with van der Waals surface area (Å²) in [6, 6.07) is 13.0. The summed E-state index contributed by atoms with van der Waals surface area (Å²) in [6.45, 7) is 2.68. The van der Waals surface area contributed by atoms with E-state index in [9.17, 15) is 9.59 Å². The minimum atomic E-state index is -0.801. The lowest BCUT2D eigenvalue weighted by atomic mass is 9.86. The molecule has 0 unspecified atom stereocenters. The molecule has 3 aliphatic rings. The average Bonchev–Trinajstić information content (AvgIpc) is 3.58. The minimum Gasteiger partial charge on any atom is -0.870 e. The third kappa shape index (κ3) is 8.27. The fourth-order valence-electron chi connectivity index (χ4n) is 6.22. The molecular formula is C35H36Cl2FN3O7S. The molecule has 5 heterocycles. The summed E-state index contributed by atoms with van der Waals surface area (Å²) < 4.78 is 38.0. The Hall–Kier alpha value is -3.94. The fraction of sp³-hybridized carbons (Fsp3) is 0.343. The number of methoxy groups -OCH3 is 2. The minimum absolute atomic E-state index is 0. The van der Waals surface area contributed by atoms with Gasteiger partial charge in [0.25, 0.3) is 0 Å². The molecule has 260 valence electrons. The van der Waals surface area contributed by atoms with Crippen LogP contribution in [0, 0.1) is 11.7 Å². The molecule has 2 bridgehead atoms. The number of aromatic nitrogens is 1. The van der Waals surface area contributed by atoms with Crippen molar-refractivity contribution in [2.75, 3.05) is 38.8 Å². The van der Waals surface area contributed by atoms with Crippen LogP contribution >= 0.6 is 34.5 Å². The Labute approximate surface area is 297 Å². The molecule has 49 heavy (non-hydrogen) atoms. The van der Waals surface area contributed by atoms with Gasteiger partial charge >= 0.3 is 12.1 Å². The van der Waals surface area contributed by atoms with Crippen LogP contribution in [0.15, 0.2) is 66.3 Å². The van der Waals surface area contributed by atoms with Crippen LogP contribution in [0.4, 0.5) is 14.9 Å². The number of nitrogens with zero attached hydrogens (tertiary/aromatic N) is 2. The number of rotatable bonds is 11. The van der Waals surface area contributed by atoms with Gasteiger partial charge in [-0.2, -0.15) is 0 Å². The molecule has 0 spiro atoms. The number of amides is 1. The van der Waals surface area contributed by atoms with Crippen LogP contribution in [0.1, 0.15) is 45.3 Å². The largest absolute Gasteiger partial charge is 0.870 e. The van der Waals surface area contributed by atoms with E-state index in [0.717, 1.165) is 25.9 Å². The van der Waals surface area contributed by atoms with E-state index in [2.05, 4.69) is 9.88 Å². The normalized spacial score (nSPS) is 18.6. The van der Waals surface area contributed by atoms with Crippen molar-refractivity contribution < 1.29 is 43.4 Å². The first kappa shape index (κ1) is 36.3. The van der Waals surface area contributed by atoms with Crippen LogP contribution in [-0.4, -0.2) is 62.4 Å². The van der Waals surface area contributed by atoms with Gasteiger partial charge in [-0.05, 0) is 67.7 Å². The molecule has 14 heteroatoms. The number of pyridine rings is 1. The SMILES string of the molecule is COc1ccc([C@H](Cc2c(Cl)c[nH+]cc2Cl)OC(=O)c2csc(CN(C(=O)O[C@H]3CN4CCC3CC4)c3ccccc3F)c2)cc1OC.[OH-]. The molecule has 3 fully saturated rings. The fourth-order valence-corrected chi connectivity index (χ4v) is 7.59. The van der Waals surface area contributed by atoms with Crippen LogP contribution in [0.25, 0.3) is 0 Å². The number of carbonyl (C=O) groups excluding carboxylic acids is 2. The van der Waals surface area contributed by atoms with Gasteiger partial charge in [-0.1, -0.05) is 41.4 Å². The Bertz CT molecular complexity index is 1770.